The van der Waals surface area contributed by atoms with E-state index in [1.807, 2.05) is 0 Å². The van der Waals surface area contributed by atoms with Crippen molar-refractivity contribution in [3.05, 3.63) is 46.3 Å². The lowest BCUT2D eigenvalue weighted by molar-refractivity contribution is -0.386. The Morgan fingerprint density at radius 1 is 1.58 bits per heavy atom. The predicted octanol–water partition coefficient (Wildman–Crippen LogP) is 2.42. The molecule has 0 atom stereocenters. The van der Waals surface area contributed by atoms with Gasteiger partial charge < -0.3 is 10.1 Å². The zero-order valence-electron chi connectivity index (χ0n) is 10.4. The smallest absolute Gasteiger partial charge is 0.313 e. The van der Waals surface area contributed by atoms with Crippen LogP contribution >= 0.6 is 0 Å². The Kier molecular flexibility index (Phi) is 4.11. The highest BCUT2D eigenvalue weighted by molar-refractivity contribution is 5.46. The van der Waals surface area contributed by atoms with Crippen molar-refractivity contribution in [2.24, 2.45) is 0 Å². The summed E-state index contributed by atoms with van der Waals surface area (Å²) >= 11 is 0. The standard InChI is InChI=1S/C13H15FN2O3/c1-9(7-15-11-3-4-11)8-19-13-5-2-10(14)6-12(13)16(17)18/h2,5-6,11,15H,1,3-4,7-8H2. The summed E-state index contributed by atoms with van der Waals surface area (Å²) in [4.78, 5) is 10.1. The van der Waals surface area contributed by atoms with Gasteiger partial charge in [0, 0.05) is 12.6 Å². The van der Waals surface area contributed by atoms with E-state index in [1.165, 1.54) is 18.9 Å². The molecule has 1 fully saturated rings. The van der Waals surface area contributed by atoms with Crippen molar-refractivity contribution in [2.75, 3.05) is 13.2 Å². The van der Waals surface area contributed by atoms with Crippen molar-refractivity contribution in [3.8, 4) is 5.75 Å². The van der Waals surface area contributed by atoms with Crippen molar-refractivity contribution < 1.29 is 14.1 Å². The Labute approximate surface area is 110 Å². The number of ether oxygens (including phenoxy) is 1. The summed E-state index contributed by atoms with van der Waals surface area (Å²) in [5.41, 5.74) is 0.425. The van der Waals surface area contributed by atoms with Crippen molar-refractivity contribution in [1.82, 2.24) is 5.32 Å². The number of nitrogens with zero attached hydrogens (tertiary/aromatic N) is 1. The van der Waals surface area contributed by atoms with E-state index in [2.05, 4.69) is 11.9 Å². The monoisotopic (exact) mass is 266 g/mol. The van der Waals surface area contributed by atoms with E-state index in [-0.39, 0.29) is 18.0 Å². The van der Waals surface area contributed by atoms with E-state index < -0.39 is 10.7 Å². The van der Waals surface area contributed by atoms with Gasteiger partial charge in [0.1, 0.15) is 12.4 Å². The number of hydrogen-bond acceptors (Lipinski definition) is 4. The number of nitro benzene ring substituents is 1. The average molecular weight is 266 g/mol. The van der Waals surface area contributed by atoms with Gasteiger partial charge in [0.2, 0.25) is 0 Å². The summed E-state index contributed by atoms with van der Waals surface area (Å²) < 4.78 is 18.3. The second-order valence-electron chi connectivity index (χ2n) is 4.56. The summed E-state index contributed by atoms with van der Waals surface area (Å²) in [7, 11) is 0. The lowest BCUT2D eigenvalue weighted by atomic mass is 10.3. The summed E-state index contributed by atoms with van der Waals surface area (Å²) in [6.45, 7) is 4.63. The highest BCUT2D eigenvalue weighted by atomic mass is 19.1. The molecule has 0 bridgehead atoms. The van der Waals surface area contributed by atoms with Gasteiger partial charge in [-0.25, -0.2) is 4.39 Å². The highest BCUT2D eigenvalue weighted by Crippen LogP contribution is 2.27. The number of benzene rings is 1. The number of halogens is 1. The largest absolute Gasteiger partial charge is 0.482 e. The zero-order valence-corrected chi connectivity index (χ0v) is 10.4. The maximum Gasteiger partial charge on any atom is 0.313 e. The molecule has 1 saturated carbocycles. The van der Waals surface area contributed by atoms with E-state index in [0.29, 0.717) is 12.6 Å². The van der Waals surface area contributed by atoms with Crippen molar-refractivity contribution in [2.45, 2.75) is 18.9 Å². The van der Waals surface area contributed by atoms with Crippen molar-refractivity contribution in [1.29, 1.82) is 0 Å². The molecule has 5 nitrogen and oxygen atoms in total. The molecule has 6 heteroatoms. The van der Waals surface area contributed by atoms with Crippen LogP contribution in [0.4, 0.5) is 10.1 Å². The topological polar surface area (TPSA) is 64.4 Å². The minimum absolute atomic E-state index is 0.0546. The number of hydrogen-bond donors (Lipinski definition) is 1. The van der Waals surface area contributed by atoms with Gasteiger partial charge in [0.05, 0.1) is 11.0 Å². The van der Waals surface area contributed by atoms with Crippen LogP contribution in [-0.2, 0) is 0 Å². The van der Waals surface area contributed by atoms with Crippen LogP contribution in [0.25, 0.3) is 0 Å². The van der Waals surface area contributed by atoms with Crippen LogP contribution in [0.5, 0.6) is 5.75 Å². The lowest BCUT2D eigenvalue weighted by Crippen LogP contribution is -2.21. The average Bonchev–Trinajstić information content (AvgIpc) is 3.18. The van der Waals surface area contributed by atoms with E-state index in [4.69, 9.17) is 4.74 Å². The fourth-order valence-electron chi connectivity index (χ4n) is 1.56. The molecular weight excluding hydrogens is 251 g/mol. The molecule has 0 amide bonds. The first-order chi connectivity index (χ1) is 9.06. The molecule has 0 unspecified atom stereocenters. The first kappa shape index (κ1) is 13.5. The second kappa shape index (κ2) is 5.79. The summed E-state index contributed by atoms with van der Waals surface area (Å²) in [6, 6.07) is 3.81. The summed E-state index contributed by atoms with van der Waals surface area (Å²) in [5, 5.41) is 14.0. The van der Waals surface area contributed by atoms with Crippen LogP contribution in [-0.4, -0.2) is 24.1 Å². The van der Waals surface area contributed by atoms with Gasteiger partial charge in [0.15, 0.2) is 5.75 Å². The van der Waals surface area contributed by atoms with E-state index >= 15 is 0 Å². The quantitative estimate of drug-likeness (QED) is 0.467. The normalized spacial score (nSPS) is 14.2. The van der Waals surface area contributed by atoms with Crippen LogP contribution < -0.4 is 10.1 Å². The zero-order chi connectivity index (χ0) is 13.8. The number of nitro groups is 1. The predicted molar refractivity (Wildman–Crippen MR) is 68.7 cm³/mol. The third-order valence-electron chi connectivity index (χ3n) is 2.77. The molecule has 1 aromatic carbocycles. The van der Waals surface area contributed by atoms with Gasteiger partial charge >= 0.3 is 5.69 Å². The van der Waals surface area contributed by atoms with Crippen LogP contribution in [0.15, 0.2) is 30.4 Å². The van der Waals surface area contributed by atoms with Crippen LogP contribution in [0.2, 0.25) is 0 Å². The Bertz CT molecular complexity index is 501. The lowest BCUT2D eigenvalue weighted by Gasteiger charge is -2.09. The van der Waals surface area contributed by atoms with Crippen molar-refractivity contribution >= 4 is 5.69 Å². The molecule has 2 rings (SSSR count). The molecule has 102 valence electrons. The maximum atomic E-state index is 12.9. The van der Waals surface area contributed by atoms with Crippen LogP contribution in [0.3, 0.4) is 0 Å². The molecule has 0 aliphatic heterocycles. The van der Waals surface area contributed by atoms with Gasteiger partial charge in [-0.05, 0) is 30.5 Å². The molecule has 1 aliphatic rings. The minimum atomic E-state index is -0.663. The van der Waals surface area contributed by atoms with Gasteiger partial charge in [-0.1, -0.05) is 6.58 Å². The molecule has 0 aromatic heterocycles. The second-order valence-corrected chi connectivity index (χ2v) is 4.56. The first-order valence-corrected chi connectivity index (χ1v) is 6.03. The molecule has 0 saturated heterocycles. The third-order valence-corrected chi connectivity index (χ3v) is 2.77. The minimum Gasteiger partial charge on any atom is -0.482 e. The molecular formula is C13H15FN2O3. The van der Waals surface area contributed by atoms with Gasteiger partial charge in [-0.15, -0.1) is 0 Å². The SMILES string of the molecule is C=C(CNC1CC1)COc1ccc(F)cc1[N+](=O)[O-]. The Balaban J connectivity index is 1.90. The van der Waals surface area contributed by atoms with E-state index in [9.17, 15) is 14.5 Å². The first-order valence-electron chi connectivity index (χ1n) is 6.03. The maximum absolute atomic E-state index is 12.9. The molecule has 0 spiro atoms. The number of rotatable bonds is 7. The van der Waals surface area contributed by atoms with E-state index in [0.717, 1.165) is 17.7 Å². The molecule has 19 heavy (non-hydrogen) atoms. The third kappa shape index (κ3) is 4.03. The Morgan fingerprint density at radius 3 is 2.95 bits per heavy atom. The van der Waals surface area contributed by atoms with E-state index in [1.54, 1.807) is 0 Å². The number of nitrogens with one attached hydrogen (secondary N) is 1. The summed E-state index contributed by atoms with van der Waals surface area (Å²) in [5.74, 6) is -0.604. The molecule has 0 heterocycles. The highest BCUT2D eigenvalue weighted by Gasteiger charge is 2.20. The van der Waals surface area contributed by atoms with Crippen LogP contribution in [0, 0.1) is 15.9 Å². The molecule has 1 aliphatic carbocycles. The molecule has 0 radical (unpaired) electrons. The fourth-order valence-corrected chi connectivity index (χ4v) is 1.56. The summed E-state index contributed by atoms with van der Waals surface area (Å²) in [6.07, 6.45) is 2.36. The van der Waals surface area contributed by atoms with Crippen molar-refractivity contribution in [3.63, 3.8) is 0 Å². The molecule has 1 N–H and O–H groups in total. The van der Waals surface area contributed by atoms with Gasteiger partial charge in [0.25, 0.3) is 0 Å². The van der Waals surface area contributed by atoms with Gasteiger partial charge in [-0.3, -0.25) is 10.1 Å². The molecule has 1 aromatic rings. The fraction of sp³-hybridized carbons (Fsp3) is 0.385. The Hall–Kier alpha value is -1.95. The Morgan fingerprint density at radius 2 is 2.32 bits per heavy atom. The van der Waals surface area contributed by atoms with Crippen LogP contribution in [0.1, 0.15) is 12.8 Å². The van der Waals surface area contributed by atoms with Gasteiger partial charge in [-0.2, -0.15) is 0 Å².